The summed E-state index contributed by atoms with van der Waals surface area (Å²) in [6, 6.07) is 10.3. The number of halogens is 1. The van der Waals surface area contributed by atoms with Crippen LogP contribution < -0.4 is 14.4 Å². The Morgan fingerprint density at radius 3 is 2.65 bits per heavy atom. The number of carbonyl (C=O) groups is 1. The van der Waals surface area contributed by atoms with E-state index in [1.807, 2.05) is 6.07 Å². The van der Waals surface area contributed by atoms with E-state index in [1.165, 1.54) is 18.7 Å². The molecule has 0 spiro atoms. The van der Waals surface area contributed by atoms with Crippen LogP contribution in [-0.4, -0.2) is 57.1 Å². The summed E-state index contributed by atoms with van der Waals surface area (Å²) in [5.41, 5.74) is 1.83. The van der Waals surface area contributed by atoms with Crippen molar-refractivity contribution in [2.45, 2.75) is 13.3 Å². The van der Waals surface area contributed by atoms with Crippen LogP contribution in [0, 0.1) is 5.82 Å². The van der Waals surface area contributed by atoms with Crippen molar-refractivity contribution in [3.8, 4) is 11.5 Å². The van der Waals surface area contributed by atoms with Gasteiger partial charge < -0.3 is 14.4 Å². The van der Waals surface area contributed by atoms with E-state index in [0.29, 0.717) is 23.7 Å². The number of methoxy groups -OCH3 is 1. The monoisotopic (exact) mass is 442 g/mol. The van der Waals surface area contributed by atoms with Crippen molar-refractivity contribution in [3.05, 3.63) is 53.2 Å². The van der Waals surface area contributed by atoms with Crippen LogP contribution in [0.1, 0.15) is 23.7 Å². The van der Waals surface area contributed by atoms with Gasteiger partial charge in [0, 0.05) is 53.8 Å². The second kappa shape index (κ2) is 9.66. The van der Waals surface area contributed by atoms with Crippen LogP contribution in [0.3, 0.4) is 0 Å². The Morgan fingerprint density at radius 2 is 1.90 bits per heavy atom. The number of anilines is 1. The van der Waals surface area contributed by atoms with Gasteiger partial charge in [0.05, 0.1) is 19.4 Å². The lowest BCUT2D eigenvalue weighted by atomic mass is 10.1. The lowest BCUT2D eigenvalue weighted by molar-refractivity contribution is 0.101. The van der Waals surface area contributed by atoms with E-state index in [-0.39, 0.29) is 11.6 Å². The highest BCUT2D eigenvalue weighted by atomic mass is 32.1. The van der Waals surface area contributed by atoms with Gasteiger partial charge in [-0.05, 0) is 49.7 Å². The molecular weight excluding hydrogens is 415 g/mol. The number of carbonyl (C=O) groups excluding carboxylic acids is 1. The van der Waals surface area contributed by atoms with Crippen molar-refractivity contribution < 1.29 is 18.7 Å². The van der Waals surface area contributed by atoms with Crippen molar-refractivity contribution in [2.75, 3.05) is 51.3 Å². The molecule has 7 heteroatoms. The zero-order chi connectivity index (χ0) is 21.8. The number of fused-ring (bicyclic) bond motifs is 1. The van der Waals surface area contributed by atoms with E-state index >= 15 is 0 Å². The third-order valence-electron chi connectivity index (χ3n) is 5.68. The smallest absolute Gasteiger partial charge is 0.161 e. The predicted octanol–water partition coefficient (Wildman–Crippen LogP) is 4.84. The van der Waals surface area contributed by atoms with Crippen LogP contribution in [0.2, 0.25) is 0 Å². The summed E-state index contributed by atoms with van der Waals surface area (Å²) in [5, 5.41) is 3.27. The molecule has 0 saturated carbocycles. The van der Waals surface area contributed by atoms with Crippen molar-refractivity contribution in [3.63, 3.8) is 0 Å². The van der Waals surface area contributed by atoms with Crippen molar-refractivity contribution >= 4 is 32.9 Å². The van der Waals surface area contributed by atoms with Gasteiger partial charge in [-0.2, -0.15) is 0 Å². The second-order valence-corrected chi connectivity index (χ2v) is 8.63. The standard InChI is InChI=1S/C24H27FN2O3S/c1-17(28)18-4-7-22(23(14-18)29-2)30-13-3-8-26-9-11-27(12-10-26)21-16-31-24-15-19(25)5-6-20(21)24/h4-7,14-16H,3,8-13H2,1-2H3. The molecule has 0 radical (unpaired) electrons. The Morgan fingerprint density at radius 1 is 1.10 bits per heavy atom. The molecule has 4 rings (SSSR count). The highest BCUT2D eigenvalue weighted by Gasteiger charge is 2.19. The quantitative estimate of drug-likeness (QED) is 0.369. The maximum Gasteiger partial charge on any atom is 0.161 e. The fraction of sp³-hybridized carbons (Fsp3) is 0.375. The Hall–Kier alpha value is -2.64. The van der Waals surface area contributed by atoms with Crippen LogP contribution in [0.4, 0.5) is 10.1 Å². The normalized spacial score (nSPS) is 14.7. The van der Waals surface area contributed by atoms with Gasteiger partial charge >= 0.3 is 0 Å². The van der Waals surface area contributed by atoms with Crippen molar-refractivity contribution in [1.82, 2.24) is 4.90 Å². The SMILES string of the molecule is COc1cc(C(C)=O)ccc1OCCCN1CCN(c2csc3cc(F)ccc23)CC1. The van der Waals surface area contributed by atoms with Crippen LogP contribution in [0.5, 0.6) is 11.5 Å². The van der Waals surface area contributed by atoms with Gasteiger partial charge in [-0.3, -0.25) is 9.69 Å². The minimum absolute atomic E-state index is 0.00612. The van der Waals surface area contributed by atoms with Crippen LogP contribution in [-0.2, 0) is 0 Å². The van der Waals surface area contributed by atoms with Crippen LogP contribution >= 0.6 is 11.3 Å². The molecule has 0 aliphatic carbocycles. The first kappa shape index (κ1) is 21.6. The van der Waals surface area contributed by atoms with E-state index < -0.39 is 0 Å². The first-order valence-corrected chi connectivity index (χ1v) is 11.4. The van der Waals surface area contributed by atoms with Crippen molar-refractivity contribution in [2.24, 2.45) is 0 Å². The number of nitrogens with zero attached hydrogens (tertiary/aromatic N) is 2. The van der Waals surface area contributed by atoms with E-state index in [0.717, 1.165) is 49.2 Å². The number of Topliss-reactive ketones (excluding diaryl/α,β-unsaturated/α-hetero) is 1. The summed E-state index contributed by atoms with van der Waals surface area (Å²) in [5.74, 6) is 1.08. The first-order chi connectivity index (χ1) is 15.0. The maximum absolute atomic E-state index is 13.4. The molecule has 1 aliphatic heterocycles. The Bertz CT molecular complexity index is 1060. The minimum Gasteiger partial charge on any atom is -0.493 e. The molecule has 0 N–H and O–H groups in total. The Labute approximate surface area is 186 Å². The number of thiophene rings is 1. The Balaban J connectivity index is 1.24. The number of ether oxygens (including phenoxy) is 2. The summed E-state index contributed by atoms with van der Waals surface area (Å²) in [6.07, 6.45) is 0.915. The molecule has 5 nitrogen and oxygen atoms in total. The number of hydrogen-bond donors (Lipinski definition) is 0. The molecule has 3 aromatic rings. The van der Waals surface area contributed by atoms with Gasteiger partial charge in [0.2, 0.25) is 0 Å². The van der Waals surface area contributed by atoms with Gasteiger partial charge in [-0.25, -0.2) is 4.39 Å². The second-order valence-electron chi connectivity index (χ2n) is 7.71. The van der Waals surface area contributed by atoms with Gasteiger partial charge in [-0.15, -0.1) is 11.3 Å². The number of rotatable bonds is 8. The summed E-state index contributed by atoms with van der Waals surface area (Å²) in [7, 11) is 1.58. The van der Waals surface area contributed by atoms with Crippen LogP contribution in [0.15, 0.2) is 41.8 Å². The summed E-state index contributed by atoms with van der Waals surface area (Å²) in [6.45, 7) is 7.02. The number of hydrogen-bond acceptors (Lipinski definition) is 6. The molecular formula is C24H27FN2O3S. The van der Waals surface area contributed by atoms with E-state index in [4.69, 9.17) is 9.47 Å². The zero-order valence-electron chi connectivity index (χ0n) is 17.9. The third-order valence-corrected chi connectivity index (χ3v) is 6.61. The fourth-order valence-electron chi connectivity index (χ4n) is 3.92. The summed E-state index contributed by atoms with van der Waals surface area (Å²) >= 11 is 1.60. The molecule has 31 heavy (non-hydrogen) atoms. The highest BCUT2D eigenvalue weighted by molar-refractivity contribution is 7.17. The molecule has 1 aromatic heterocycles. The molecule has 1 saturated heterocycles. The lowest BCUT2D eigenvalue weighted by Crippen LogP contribution is -2.46. The van der Waals surface area contributed by atoms with Gasteiger partial charge in [0.1, 0.15) is 5.82 Å². The van der Waals surface area contributed by atoms with Gasteiger partial charge in [-0.1, -0.05) is 0 Å². The summed E-state index contributed by atoms with van der Waals surface area (Å²) < 4.78 is 25.7. The van der Waals surface area contributed by atoms with E-state index in [2.05, 4.69) is 15.2 Å². The average Bonchev–Trinajstić information content (AvgIpc) is 3.20. The Kier molecular flexibility index (Phi) is 6.73. The molecule has 0 unspecified atom stereocenters. The summed E-state index contributed by atoms with van der Waals surface area (Å²) in [4.78, 5) is 16.4. The number of ketones is 1. The van der Waals surface area contributed by atoms with Crippen molar-refractivity contribution in [1.29, 1.82) is 0 Å². The molecule has 0 atom stereocenters. The van der Waals surface area contributed by atoms with Gasteiger partial charge in [0.25, 0.3) is 0 Å². The molecule has 0 bridgehead atoms. The van der Waals surface area contributed by atoms with E-state index in [9.17, 15) is 9.18 Å². The maximum atomic E-state index is 13.4. The topological polar surface area (TPSA) is 42.0 Å². The molecule has 2 heterocycles. The molecule has 1 fully saturated rings. The first-order valence-electron chi connectivity index (χ1n) is 10.5. The van der Waals surface area contributed by atoms with Crippen LogP contribution in [0.25, 0.3) is 10.1 Å². The van der Waals surface area contributed by atoms with E-state index in [1.54, 1.807) is 42.7 Å². The molecule has 2 aromatic carbocycles. The number of benzene rings is 2. The predicted molar refractivity (Wildman–Crippen MR) is 124 cm³/mol. The average molecular weight is 443 g/mol. The van der Waals surface area contributed by atoms with Gasteiger partial charge in [0.15, 0.2) is 17.3 Å². The molecule has 1 aliphatic rings. The molecule has 0 amide bonds. The molecule has 164 valence electrons. The minimum atomic E-state index is -0.180. The third kappa shape index (κ3) is 4.99. The lowest BCUT2D eigenvalue weighted by Gasteiger charge is -2.35. The number of piperazine rings is 1. The highest BCUT2D eigenvalue weighted by Crippen LogP contribution is 2.34. The fourth-order valence-corrected chi connectivity index (χ4v) is 4.92. The largest absolute Gasteiger partial charge is 0.493 e. The zero-order valence-corrected chi connectivity index (χ0v) is 18.7.